The van der Waals surface area contributed by atoms with E-state index in [1.165, 1.54) is 6.20 Å². The van der Waals surface area contributed by atoms with Crippen molar-refractivity contribution in [3.63, 3.8) is 0 Å². The van der Waals surface area contributed by atoms with Crippen molar-refractivity contribution in [3.05, 3.63) is 51.5 Å². The van der Waals surface area contributed by atoms with Crippen LogP contribution in [0.4, 0.5) is 0 Å². The fourth-order valence-corrected chi connectivity index (χ4v) is 2.20. The molecule has 0 aliphatic rings. The number of aryl methyl sites for hydroxylation is 1. The summed E-state index contributed by atoms with van der Waals surface area (Å²) in [5.74, 6) is -0.429. The smallest absolute Gasteiger partial charge is 0.354 e. The van der Waals surface area contributed by atoms with Gasteiger partial charge in [-0.2, -0.15) is 0 Å². The number of rotatable bonds is 3. The van der Waals surface area contributed by atoms with Gasteiger partial charge in [0, 0.05) is 15.6 Å². The summed E-state index contributed by atoms with van der Waals surface area (Å²) >= 11 is 12.1. The van der Waals surface area contributed by atoms with Crippen LogP contribution in [0, 0.1) is 6.92 Å². The van der Waals surface area contributed by atoms with Gasteiger partial charge in [0.25, 0.3) is 0 Å². The highest BCUT2D eigenvalue weighted by Crippen LogP contribution is 2.26. The van der Waals surface area contributed by atoms with Crippen molar-refractivity contribution < 1.29 is 9.90 Å². The van der Waals surface area contributed by atoms with Gasteiger partial charge < -0.3 is 9.67 Å². The molecule has 1 N–H and O–H groups in total. The lowest BCUT2D eigenvalue weighted by molar-refractivity contribution is 0.0685. The number of imidazole rings is 1. The summed E-state index contributed by atoms with van der Waals surface area (Å²) in [5.41, 5.74) is 0.799. The third kappa shape index (κ3) is 2.35. The SMILES string of the molecule is Cc1ncc(C(=O)O)n1Cc1c(Cl)cccc1Cl. The molecule has 18 heavy (non-hydrogen) atoms. The predicted molar refractivity (Wildman–Crippen MR) is 69.5 cm³/mol. The van der Waals surface area contributed by atoms with E-state index in [2.05, 4.69) is 4.98 Å². The van der Waals surface area contributed by atoms with Crippen LogP contribution in [0.5, 0.6) is 0 Å². The Morgan fingerprint density at radius 2 is 2.00 bits per heavy atom. The highest BCUT2D eigenvalue weighted by Gasteiger charge is 2.15. The van der Waals surface area contributed by atoms with Crippen molar-refractivity contribution in [2.45, 2.75) is 13.5 Å². The first-order chi connectivity index (χ1) is 8.50. The average Bonchev–Trinajstić information content (AvgIpc) is 2.66. The normalized spacial score (nSPS) is 10.6. The number of hydrogen-bond donors (Lipinski definition) is 1. The Bertz CT molecular complexity index is 588. The third-order valence-corrected chi connectivity index (χ3v) is 3.36. The number of aromatic nitrogens is 2. The van der Waals surface area contributed by atoms with E-state index in [0.717, 1.165) is 0 Å². The summed E-state index contributed by atoms with van der Waals surface area (Å²) in [4.78, 5) is 15.1. The molecule has 4 nitrogen and oxygen atoms in total. The number of benzene rings is 1. The van der Waals surface area contributed by atoms with E-state index in [9.17, 15) is 4.79 Å². The van der Waals surface area contributed by atoms with Crippen LogP contribution in [-0.4, -0.2) is 20.6 Å². The van der Waals surface area contributed by atoms with Crippen molar-refractivity contribution >= 4 is 29.2 Å². The Balaban J connectivity index is 2.46. The minimum Gasteiger partial charge on any atom is -0.477 e. The van der Waals surface area contributed by atoms with Crippen LogP contribution in [0.25, 0.3) is 0 Å². The lowest BCUT2D eigenvalue weighted by Crippen LogP contribution is -2.11. The highest BCUT2D eigenvalue weighted by molar-refractivity contribution is 6.35. The van der Waals surface area contributed by atoms with Gasteiger partial charge in [-0.15, -0.1) is 0 Å². The Morgan fingerprint density at radius 3 is 2.56 bits per heavy atom. The van der Waals surface area contributed by atoms with Crippen LogP contribution in [0.2, 0.25) is 10.0 Å². The molecule has 0 aliphatic carbocycles. The van der Waals surface area contributed by atoms with E-state index in [1.807, 2.05) is 0 Å². The summed E-state index contributed by atoms with van der Waals surface area (Å²) in [6, 6.07) is 5.18. The molecule has 0 amide bonds. The quantitative estimate of drug-likeness (QED) is 0.941. The fraction of sp³-hybridized carbons (Fsp3) is 0.167. The zero-order valence-corrected chi connectivity index (χ0v) is 11.0. The zero-order valence-electron chi connectivity index (χ0n) is 9.52. The van der Waals surface area contributed by atoms with Crippen molar-refractivity contribution in [3.8, 4) is 0 Å². The summed E-state index contributed by atoms with van der Waals surface area (Å²) in [7, 11) is 0. The number of nitrogens with zero attached hydrogens (tertiary/aromatic N) is 2. The second-order valence-electron chi connectivity index (χ2n) is 3.78. The van der Waals surface area contributed by atoms with Gasteiger partial charge in [-0.1, -0.05) is 29.3 Å². The Hall–Kier alpha value is -1.52. The Labute approximate surface area is 114 Å². The molecule has 94 valence electrons. The first kappa shape index (κ1) is 12.9. The number of aromatic carboxylic acids is 1. The summed E-state index contributed by atoms with van der Waals surface area (Å²) in [6.07, 6.45) is 1.32. The van der Waals surface area contributed by atoms with E-state index < -0.39 is 5.97 Å². The molecule has 0 spiro atoms. The lowest BCUT2D eigenvalue weighted by Gasteiger charge is -2.11. The minimum absolute atomic E-state index is 0.114. The van der Waals surface area contributed by atoms with Gasteiger partial charge >= 0.3 is 5.97 Å². The van der Waals surface area contributed by atoms with E-state index in [-0.39, 0.29) is 12.2 Å². The van der Waals surface area contributed by atoms with Gasteiger partial charge in [0.1, 0.15) is 11.5 Å². The van der Waals surface area contributed by atoms with E-state index in [0.29, 0.717) is 21.4 Å². The molecule has 1 aromatic carbocycles. The van der Waals surface area contributed by atoms with Gasteiger partial charge in [-0.05, 0) is 19.1 Å². The van der Waals surface area contributed by atoms with Gasteiger partial charge in [0.15, 0.2) is 0 Å². The van der Waals surface area contributed by atoms with Gasteiger partial charge in [0.05, 0.1) is 12.7 Å². The van der Waals surface area contributed by atoms with Crippen molar-refractivity contribution in [1.82, 2.24) is 9.55 Å². The minimum atomic E-state index is -1.03. The van der Waals surface area contributed by atoms with Crippen LogP contribution in [0.15, 0.2) is 24.4 Å². The Morgan fingerprint density at radius 1 is 1.39 bits per heavy atom. The van der Waals surface area contributed by atoms with Crippen LogP contribution < -0.4 is 0 Å². The van der Waals surface area contributed by atoms with E-state index in [1.54, 1.807) is 29.7 Å². The second-order valence-corrected chi connectivity index (χ2v) is 4.60. The number of carbonyl (C=O) groups is 1. The second kappa shape index (κ2) is 5.00. The number of carboxylic acids is 1. The topological polar surface area (TPSA) is 55.1 Å². The van der Waals surface area contributed by atoms with Crippen LogP contribution in [0.1, 0.15) is 21.9 Å². The maximum Gasteiger partial charge on any atom is 0.354 e. The van der Waals surface area contributed by atoms with Gasteiger partial charge in [-0.3, -0.25) is 0 Å². The number of hydrogen-bond acceptors (Lipinski definition) is 2. The maximum atomic E-state index is 11.1. The zero-order chi connectivity index (χ0) is 13.3. The third-order valence-electron chi connectivity index (χ3n) is 2.65. The monoisotopic (exact) mass is 284 g/mol. The van der Waals surface area contributed by atoms with Crippen LogP contribution in [0.3, 0.4) is 0 Å². The molecule has 1 aromatic heterocycles. The van der Waals surface area contributed by atoms with Crippen molar-refractivity contribution in [2.24, 2.45) is 0 Å². The summed E-state index contributed by atoms with van der Waals surface area (Å²) < 4.78 is 1.56. The first-order valence-corrected chi connectivity index (χ1v) is 5.94. The number of halogens is 2. The molecule has 0 saturated heterocycles. The van der Waals surface area contributed by atoms with Gasteiger partial charge in [0.2, 0.25) is 0 Å². The molecular formula is C12H10Cl2N2O2. The molecular weight excluding hydrogens is 275 g/mol. The van der Waals surface area contributed by atoms with Crippen molar-refractivity contribution in [1.29, 1.82) is 0 Å². The molecule has 0 fully saturated rings. The molecule has 2 rings (SSSR count). The molecule has 0 atom stereocenters. The summed E-state index contributed by atoms with van der Waals surface area (Å²) in [5, 5.41) is 10.1. The Kier molecular flexibility index (Phi) is 3.59. The van der Waals surface area contributed by atoms with E-state index >= 15 is 0 Å². The van der Waals surface area contributed by atoms with E-state index in [4.69, 9.17) is 28.3 Å². The number of carboxylic acid groups (broad SMARTS) is 1. The van der Waals surface area contributed by atoms with Crippen molar-refractivity contribution in [2.75, 3.05) is 0 Å². The molecule has 0 saturated carbocycles. The molecule has 0 unspecified atom stereocenters. The van der Waals surface area contributed by atoms with Gasteiger partial charge in [-0.25, -0.2) is 9.78 Å². The molecule has 6 heteroatoms. The highest BCUT2D eigenvalue weighted by atomic mass is 35.5. The molecule has 2 aromatic rings. The first-order valence-electron chi connectivity index (χ1n) is 5.19. The largest absolute Gasteiger partial charge is 0.477 e. The maximum absolute atomic E-state index is 11.1. The molecule has 0 radical (unpaired) electrons. The van der Waals surface area contributed by atoms with Crippen LogP contribution >= 0.6 is 23.2 Å². The van der Waals surface area contributed by atoms with Crippen LogP contribution in [-0.2, 0) is 6.54 Å². The molecule has 0 aliphatic heterocycles. The summed E-state index contributed by atoms with van der Waals surface area (Å²) in [6.45, 7) is 2.02. The molecule has 0 bridgehead atoms. The predicted octanol–water partition coefficient (Wildman–Crippen LogP) is 3.24. The molecule has 1 heterocycles. The average molecular weight is 285 g/mol. The lowest BCUT2D eigenvalue weighted by atomic mass is 10.2. The fourth-order valence-electron chi connectivity index (χ4n) is 1.68. The standard InChI is InChI=1S/C12H10Cl2N2O2/c1-7-15-5-11(12(17)18)16(7)6-8-9(13)3-2-4-10(8)14/h2-5H,6H2,1H3,(H,17,18).